The smallest absolute Gasteiger partial charge is 0.376 e. The fourth-order valence-corrected chi connectivity index (χ4v) is 2.91. The topological polar surface area (TPSA) is 79.1 Å². The number of carbonyl (C=O) groups excluding carboxylic acids is 1. The normalized spacial score (nSPS) is 10.6. The second kappa shape index (κ2) is 7.72. The molecule has 3 rings (SSSR count). The van der Waals surface area contributed by atoms with Gasteiger partial charge < -0.3 is 9.47 Å². The Hall–Kier alpha value is -2.64. The van der Waals surface area contributed by atoms with Crippen LogP contribution < -0.4 is 4.74 Å². The van der Waals surface area contributed by atoms with Crippen molar-refractivity contribution in [2.24, 2.45) is 0 Å². The molecule has 0 radical (unpaired) electrons. The molecule has 0 fully saturated rings. The lowest BCUT2D eigenvalue weighted by Crippen LogP contribution is -2.14. The lowest BCUT2D eigenvalue weighted by molar-refractivity contribution is 0.0509. The number of halogens is 2. The SMILES string of the molecule is CCOC(=O)c1nnc(-c2cccc(OC)n2)n1-c1c(Cl)cccc1Cl. The zero-order chi connectivity index (χ0) is 18.7. The summed E-state index contributed by atoms with van der Waals surface area (Å²) >= 11 is 12.7. The van der Waals surface area contributed by atoms with E-state index in [4.69, 9.17) is 32.7 Å². The number of benzene rings is 1. The van der Waals surface area contributed by atoms with Crippen molar-refractivity contribution in [3.05, 3.63) is 52.3 Å². The molecule has 0 saturated carbocycles. The van der Waals surface area contributed by atoms with E-state index in [9.17, 15) is 4.79 Å². The van der Waals surface area contributed by atoms with Gasteiger partial charge in [-0.25, -0.2) is 9.78 Å². The molecule has 0 bridgehead atoms. The Bertz CT molecular complexity index is 939. The molecule has 0 aliphatic carbocycles. The average molecular weight is 393 g/mol. The number of pyridine rings is 1. The van der Waals surface area contributed by atoms with Crippen LogP contribution in [-0.4, -0.2) is 39.4 Å². The Kier molecular flexibility index (Phi) is 5.39. The highest BCUT2D eigenvalue weighted by Crippen LogP contribution is 2.33. The maximum atomic E-state index is 12.4. The van der Waals surface area contributed by atoms with Crippen LogP contribution >= 0.6 is 23.2 Å². The Morgan fingerprint density at radius 1 is 1.12 bits per heavy atom. The number of carbonyl (C=O) groups is 1. The van der Waals surface area contributed by atoms with Crippen LogP contribution in [0.25, 0.3) is 17.2 Å². The van der Waals surface area contributed by atoms with Crippen LogP contribution in [-0.2, 0) is 4.74 Å². The van der Waals surface area contributed by atoms with Crippen molar-refractivity contribution in [1.82, 2.24) is 19.7 Å². The summed E-state index contributed by atoms with van der Waals surface area (Å²) in [6.45, 7) is 1.89. The number of rotatable bonds is 5. The van der Waals surface area contributed by atoms with Crippen LogP contribution in [0.1, 0.15) is 17.5 Å². The van der Waals surface area contributed by atoms with Gasteiger partial charge in [0, 0.05) is 6.07 Å². The van der Waals surface area contributed by atoms with E-state index in [-0.39, 0.29) is 18.3 Å². The molecule has 0 aliphatic heterocycles. The fraction of sp³-hybridized carbons (Fsp3) is 0.176. The van der Waals surface area contributed by atoms with Gasteiger partial charge in [-0.1, -0.05) is 35.3 Å². The number of hydrogen-bond acceptors (Lipinski definition) is 6. The molecule has 0 unspecified atom stereocenters. The lowest BCUT2D eigenvalue weighted by Gasteiger charge is -2.13. The van der Waals surface area contributed by atoms with Crippen LogP contribution in [0.3, 0.4) is 0 Å². The number of para-hydroxylation sites is 1. The van der Waals surface area contributed by atoms with Gasteiger partial charge in [0.15, 0.2) is 5.82 Å². The predicted octanol–water partition coefficient (Wildman–Crippen LogP) is 3.82. The molecule has 134 valence electrons. The minimum Gasteiger partial charge on any atom is -0.481 e. The molecule has 1 aromatic carbocycles. The zero-order valence-electron chi connectivity index (χ0n) is 13.9. The predicted molar refractivity (Wildman–Crippen MR) is 97.1 cm³/mol. The van der Waals surface area contributed by atoms with Gasteiger partial charge in [-0.15, -0.1) is 10.2 Å². The quantitative estimate of drug-likeness (QED) is 0.614. The molecule has 2 heterocycles. The molecule has 2 aromatic heterocycles. The highest BCUT2D eigenvalue weighted by atomic mass is 35.5. The van der Waals surface area contributed by atoms with Crippen molar-refractivity contribution >= 4 is 29.2 Å². The summed E-state index contributed by atoms with van der Waals surface area (Å²) in [6.07, 6.45) is 0. The molecule has 0 saturated heterocycles. The summed E-state index contributed by atoms with van der Waals surface area (Å²) in [5.41, 5.74) is 0.798. The highest BCUT2D eigenvalue weighted by Gasteiger charge is 2.25. The Morgan fingerprint density at radius 3 is 2.46 bits per heavy atom. The number of ether oxygens (including phenoxy) is 2. The maximum Gasteiger partial charge on any atom is 0.376 e. The Balaban J connectivity index is 2.28. The summed E-state index contributed by atoms with van der Waals surface area (Å²) in [6, 6.07) is 10.2. The molecule has 0 spiro atoms. The van der Waals surface area contributed by atoms with E-state index in [1.807, 2.05) is 0 Å². The average Bonchev–Trinajstić information content (AvgIpc) is 3.06. The Labute approximate surface area is 159 Å². The maximum absolute atomic E-state index is 12.4. The van der Waals surface area contributed by atoms with E-state index >= 15 is 0 Å². The van der Waals surface area contributed by atoms with Crippen molar-refractivity contribution in [3.8, 4) is 23.1 Å². The first kappa shape index (κ1) is 18.2. The van der Waals surface area contributed by atoms with E-state index in [2.05, 4.69) is 15.2 Å². The van der Waals surface area contributed by atoms with Gasteiger partial charge in [0.1, 0.15) is 5.69 Å². The second-order valence-electron chi connectivity index (χ2n) is 5.04. The van der Waals surface area contributed by atoms with Crippen molar-refractivity contribution in [2.75, 3.05) is 13.7 Å². The summed E-state index contributed by atoms with van der Waals surface area (Å²) in [7, 11) is 1.51. The lowest BCUT2D eigenvalue weighted by atomic mass is 10.2. The van der Waals surface area contributed by atoms with Crippen molar-refractivity contribution in [3.63, 3.8) is 0 Å². The highest BCUT2D eigenvalue weighted by molar-refractivity contribution is 6.37. The van der Waals surface area contributed by atoms with Gasteiger partial charge in [0.05, 0.1) is 29.4 Å². The molecule has 7 nitrogen and oxygen atoms in total. The molecule has 26 heavy (non-hydrogen) atoms. The number of aromatic nitrogens is 4. The van der Waals surface area contributed by atoms with Gasteiger partial charge in [-0.2, -0.15) is 0 Å². The van der Waals surface area contributed by atoms with Gasteiger partial charge in [0.2, 0.25) is 11.7 Å². The largest absolute Gasteiger partial charge is 0.481 e. The number of esters is 1. The molecule has 0 aliphatic rings. The summed E-state index contributed by atoms with van der Waals surface area (Å²) < 4.78 is 11.7. The van der Waals surface area contributed by atoms with Crippen LogP contribution in [0.2, 0.25) is 10.0 Å². The summed E-state index contributed by atoms with van der Waals surface area (Å²) in [5, 5.41) is 8.72. The Morgan fingerprint density at radius 2 is 1.81 bits per heavy atom. The molecule has 0 amide bonds. The van der Waals surface area contributed by atoms with E-state index < -0.39 is 5.97 Å². The minimum atomic E-state index is -0.648. The van der Waals surface area contributed by atoms with Gasteiger partial charge >= 0.3 is 5.97 Å². The first-order chi connectivity index (χ1) is 12.6. The van der Waals surface area contributed by atoms with Crippen LogP contribution in [0.15, 0.2) is 36.4 Å². The monoisotopic (exact) mass is 392 g/mol. The van der Waals surface area contributed by atoms with Crippen LogP contribution in [0.5, 0.6) is 5.88 Å². The van der Waals surface area contributed by atoms with Crippen LogP contribution in [0.4, 0.5) is 0 Å². The van der Waals surface area contributed by atoms with Gasteiger partial charge in [-0.3, -0.25) is 4.57 Å². The number of nitrogens with zero attached hydrogens (tertiary/aromatic N) is 4. The molecule has 0 N–H and O–H groups in total. The van der Waals surface area contributed by atoms with E-state index in [0.29, 0.717) is 27.3 Å². The summed E-state index contributed by atoms with van der Waals surface area (Å²) in [5.74, 6) is -0.0338. The zero-order valence-corrected chi connectivity index (χ0v) is 15.5. The first-order valence-electron chi connectivity index (χ1n) is 7.65. The van der Waals surface area contributed by atoms with Crippen molar-refractivity contribution in [2.45, 2.75) is 6.92 Å². The van der Waals surface area contributed by atoms with Gasteiger partial charge in [-0.05, 0) is 25.1 Å². The summed E-state index contributed by atoms with van der Waals surface area (Å²) in [4.78, 5) is 16.7. The molecule has 0 atom stereocenters. The van der Waals surface area contributed by atoms with Gasteiger partial charge in [0.25, 0.3) is 0 Å². The number of hydrogen-bond donors (Lipinski definition) is 0. The van der Waals surface area contributed by atoms with E-state index in [0.717, 1.165) is 0 Å². The van der Waals surface area contributed by atoms with Crippen molar-refractivity contribution in [1.29, 1.82) is 0 Å². The van der Waals surface area contributed by atoms with Crippen LogP contribution in [0, 0.1) is 0 Å². The van der Waals surface area contributed by atoms with E-state index in [1.165, 1.54) is 11.7 Å². The molecule has 3 aromatic rings. The molecule has 9 heteroatoms. The third kappa shape index (κ3) is 3.36. The third-order valence-corrected chi connectivity index (χ3v) is 4.05. The minimum absolute atomic E-state index is 0.0542. The van der Waals surface area contributed by atoms with E-state index in [1.54, 1.807) is 43.3 Å². The standard InChI is InChI=1S/C17H14Cl2N4O3/c1-3-26-17(24)16-22-21-15(12-8-5-9-13(20-12)25-2)23(16)14-10(18)6-4-7-11(14)19/h4-9H,3H2,1-2H3. The second-order valence-corrected chi connectivity index (χ2v) is 5.85. The third-order valence-electron chi connectivity index (χ3n) is 3.44. The van der Waals surface area contributed by atoms with Crippen molar-refractivity contribution < 1.29 is 14.3 Å². The molecular formula is C17H14Cl2N4O3. The molecular weight excluding hydrogens is 379 g/mol. The first-order valence-corrected chi connectivity index (χ1v) is 8.40. The fourth-order valence-electron chi connectivity index (χ4n) is 2.35. The number of methoxy groups -OCH3 is 1.